The molecule has 0 aliphatic carbocycles. The van der Waals surface area contributed by atoms with E-state index in [-0.39, 0.29) is 0 Å². The van der Waals surface area contributed by atoms with Gasteiger partial charge < -0.3 is 0 Å². The molecule has 0 saturated carbocycles. The second-order valence-electron chi connectivity index (χ2n) is 18.9. The maximum Gasteiger partial charge on any atom is 0.0714 e. The Morgan fingerprint density at radius 3 is 1.52 bits per heavy atom. The Hall–Kier alpha value is -9.17. The maximum atomic E-state index is 5.37. The zero-order chi connectivity index (χ0) is 47.2. The van der Waals surface area contributed by atoms with Crippen LogP contribution in [0.25, 0.3) is 154 Å². The molecule has 1 heteroatoms. The summed E-state index contributed by atoms with van der Waals surface area (Å²) in [6.07, 6.45) is 8.30. The predicted molar refractivity (Wildman–Crippen MR) is 307 cm³/mol. The van der Waals surface area contributed by atoms with Crippen LogP contribution in [0.2, 0.25) is 0 Å². The van der Waals surface area contributed by atoms with Crippen LogP contribution in [-0.2, 0) is 0 Å². The van der Waals surface area contributed by atoms with Gasteiger partial charge in [0.15, 0.2) is 0 Å². The predicted octanol–water partition coefficient (Wildman–Crippen LogP) is 19.8. The molecule has 1 nitrogen and oxygen atoms in total. The van der Waals surface area contributed by atoms with Gasteiger partial charge >= 0.3 is 0 Å². The molecular formula is C70H45N. The molecule has 0 saturated heterocycles. The summed E-state index contributed by atoms with van der Waals surface area (Å²) in [7, 11) is 0. The fourth-order valence-corrected chi connectivity index (χ4v) is 11.9. The van der Waals surface area contributed by atoms with Crippen molar-refractivity contribution in [1.29, 1.82) is 0 Å². The monoisotopic (exact) mass is 899 g/mol. The number of hydrogen-bond donors (Lipinski definition) is 0. The van der Waals surface area contributed by atoms with E-state index in [0.717, 1.165) is 33.5 Å². The van der Waals surface area contributed by atoms with Crippen LogP contribution in [0.3, 0.4) is 0 Å². The molecular weight excluding hydrogens is 855 g/mol. The molecule has 0 amide bonds. The standard InChI is InChI=1S/C70H45N/c1-3-14-48-39-51(29-25-43(48)4-2)66-54-19-7-8-20-55(54)67(52-30-26-44-15-5-6-16-49(44)40-52)63-41-50(33-37-62(63)66)53-34-38-64(71-42-53)70-58-23-11-9-21-56(58)69(57-22-10-12-24-59(57)70)61-36-32-47-28-27-45-17-13-18-46-31-35-60(61)68(47)65(45)46/h3-42H,2H2,1H3/b14-3-. The zero-order valence-corrected chi connectivity index (χ0v) is 39.2. The van der Waals surface area contributed by atoms with E-state index in [2.05, 4.69) is 250 Å². The van der Waals surface area contributed by atoms with E-state index in [9.17, 15) is 0 Å². The smallest absolute Gasteiger partial charge is 0.0714 e. The van der Waals surface area contributed by atoms with Crippen LogP contribution in [0, 0.1) is 0 Å². The Balaban J connectivity index is 0.959. The third kappa shape index (κ3) is 6.37. The number of hydrogen-bond acceptors (Lipinski definition) is 1. The molecule has 0 fully saturated rings. The topological polar surface area (TPSA) is 12.9 Å². The maximum absolute atomic E-state index is 5.37. The number of benzene rings is 13. The van der Waals surface area contributed by atoms with Crippen LogP contribution < -0.4 is 0 Å². The number of rotatable bonds is 7. The molecule has 0 N–H and O–H groups in total. The van der Waals surface area contributed by atoms with Crippen LogP contribution in [0.4, 0.5) is 0 Å². The minimum absolute atomic E-state index is 0.953. The van der Waals surface area contributed by atoms with Crippen molar-refractivity contribution < 1.29 is 0 Å². The Morgan fingerprint density at radius 1 is 0.338 bits per heavy atom. The first-order valence-electron chi connectivity index (χ1n) is 24.6. The average Bonchev–Trinajstić information content (AvgIpc) is 3.43. The van der Waals surface area contributed by atoms with Crippen LogP contribution in [0.1, 0.15) is 18.1 Å². The lowest BCUT2D eigenvalue weighted by atomic mass is 9.83. The lowest BCUT2D eigenvalue weighted by Crippen LogP contribution is -1.94. The van der Waals surface area contributed by atoms with Crippen LogP contribution >= 0.6 is 0 Å². The first-order valence-corrected chi connectivity index (χ1v) is 24.6. The molecule has 14 aromatic rings. The minimum atomic E-state index is 0.953. The van der Waals surface area contributed by atoms with E-state index in [1.54, 1.807) is 0 Å². The SMILES string of the molecule is C=Cc1ccc(-c2c3ccccc3c(-c3ccc4ccccc4c3)c3cc(-c4ccc(-c5c6ccccc6c(-c6ccc7ccc8cccc9ccc6c7c89)c6ccccc56)nc4)ccc23)cc1/C=C\C. The Bertz CT molecular complexity index is 4460. The summed E-state index contributed by atoms with van der Waals surface area (Å²) in [6.45, 7) is 6.20. The molecule has 1 aromatic heterocycles. The first kappa shape index (κ1) is 40.9. The van der Waals surface area contributed by atoms with Gasteiger partial charge in [-0.3, -0.25) is 4.98 Å². The van der Waals surface area contributed by atoms with Crippen molar-refractivity contribution in [2.24, 2.45) is 0 Å². The van der Waals surface area contributed by atoms with Crippen molar-refractivity contribution in [2.75, 3.05) is 0 Å². The van der Waals surface area contributed by atoms with Gasteiger partial charge in [0.2, 0.25) is 0 Å². The van der Waals surface area contributed by atoms with Crippen LogP contribution in [0.15, 0.2) is 237 Å². The van der Waals surface area contributed by atoms with Gasteiger partial charge in [0.1, 0.15) is 0 Å². The molecule has 0 radical (unpaired) electrons. The molecule has 0 spiro atoms. The van der Waals surface area contributed by atoms with Crippen LogP contribution in [0.5, 0.6) is 0 Å². The Morgan fingerprint density at radius 2 is 0.845 bits per heavy atom. The average molecular weight is 900 g/mol. The van der Waals surface area contributed by atoms with Gasteiger partial charge in [-0.05, 0) is 167 Å². The molecule has 330 valence electrons. The largest absolute Gasteiger partial charge is 0.256 e. The van der Waals surface area contributed by atoms with E-state index < -0.39 is 0 Å². The normalized spacial score (nSPS) is 12.0. The fourth-order valence-electron chi connectivity index (χ4n) is 11.9. The minimum Gasteiger partial charge on any atom is -0.256 e. The number of allylic oxidation sites excluding steroid dienone is 1. The molecule has 0 atom stereocenters. The molecule has 13 aromatic carbocycles. The Kier molecular flexibility index (Phi) is 9.34. The second kappa shape index (κ2) is 16.2. The number of nitrogens with zero attached hydrogens (tertiary/aromatic N) is 1. The molecule has 0 bridgehead atoms. The van der Waals surface area contributed by atoms with E-state index >= 15 is 0 Å². The third-order valence-corrected chi connectivity index (χ3v) is 15.1. The summed E-state index contributed by atoms with van der Waals surface area (Å²) >= 11 is 0. The molecule has 0 unspecified atom stereocenters. The highest BCUT2D eigenvalue weighted by Crippen LogP contribution is 2.49. The van der Waals surface area contributed by atoms with Gasteiger partial charge in [0, 0.05) is 17.3 Å². The highest BCUT2D eigenvalue weighted by atomic mass is 14.7. The van der Waals surface area contributed by atoms with E-state index in [1.807, 2.05) is 6.08 Å². The van der Waals surface area contributed by atoms with Gasteiger partial charge in [0.05, 0.1) is 5.69 Å². The quantitative estimate of drug-likeness (QED) is 0.115. The number of aromatic nitrogens is 1. The summed E-state index contributed by atoms with van der Waals surface area (Å²) in [6, 6.07) is 81.0. The lowest BCUT2D eigenvalue weighted by Gasteiger charge is -2.20. The first-order chi connectivity index (χ1) is 35.1. The fraction of sp³-hybridized carbons (Fsp3) is 0.0143. The van der Waals surface area contributed by atoms with Crippen LogP contribution in [-0.4, -0.2) is 4.98 Å². The van der Waals surface area contributed by atoms with E-state index in [1.165, 1.54) is 120 Å². The molecule has 0 aliphatic rings. The number of pyridine rings is 1. The van der Waals surface area contributed by atoms with Crippen molar-refractivity contribution in [3.8, 4) is 55.8 Å². The van der Waals surface area contributed by atoms with E-state index in [4.69, 9.17) is 4.98 Å². The summed E-state index contributed by atoms with van der Waals surface area (Å²) in [5.74, 6) is 0. The van der Waals surface area contributed by atoms with Gasteiger partial charge in [-0.15, -0.1) is 0 Å². The van der Waals surface area contributed by atoms with Crippen molar-refractivity contribution in [1.82, 2.24) is 4.98 Å². The summed E-state index contributed by atoms with van der Waals surface area (Å²) in [5.41, 5.74) is 13.9. The van der Waals surface area contributed by atoms with Gasteiger partial charge in [-0.1, -0.05) is 219 Å². The Labute approximate surface area is 412 Å². The molecule has 71 heavy (non-hydrogen) atoms. The second-order valence-corrected chi connectivity index (χ2v) is 18.9. The summed E-state index contributed by atoms with van der Waals surface area (Å²) in [5, 5.41) is 19.9. The van der Waals surface area contributed by atoms with Crippen molar-refractivity contribution in [3.63, 3.8) is 0 Å². The third-order valence-electron chi connectivity index (χ3n) is 15.1. The van der Waals surface area contributed by atoms with Crippen molar-refractivity contribution >= 4 is 98.3 Å². The lowest BCUT2D eigenvalue weighted by molar-refractivity contribution is 1.34. The summed E-state index contributed by atoms with van der Waals surface area (Å²) in [4.78, 5) is 5.37. The highest BCUT2D eigenvalue weighted by molar-refractivity contribution is 6.29. The summed E-state index contributed by atoms with van der Waals surface area (Å²) < 4.78 is 0. The highest BCUT2D eigenvalue weighted by Gasteiger charge is 2.22. The van der Waals surface area contributed by atoms with Gasteiger partial charge in [-0.2, -0.15) is 0 Å². The van der Waals surface area contributed by atoms with Crippen molar-refractivity contribution in [2.45, 2.75) is 6.92 Å². The zero-order valence-electron chi connectivity index (χ0n) is 39.2. The van der Waals surface area contributed by atoms with Crippen molar-refractivity contribution in [3.05, 3.63) is 248 Å². The van der Waals surface area contributed by atoms with Gasteiger partial charge in [-0.25, -0.2) is 0 Å². The molecule has 14 rings (SSSR count). The molecule has 0 aliphatic heterocycles. The number of fused-ring (bicyclic) bond motifs is 5. The van der Waals surface area contributed by atoms with Gasteiger partial charge in [0.25, 0.3) is 0 Å². The molecule has 1 heterocycles. The van der Waals surface area contributed by atoms with E-state index in [0.29, 0.717) is 0 Å².